The fourth-order valence-corrected chi connectivity index (χ4v) is 3.26. The predicted molar refractivity (Wildman–Crippen MR) is 124 cm³/mol. The number of amides is 1. The predicted octanol–water partition coefficient (Wildman–Crippen LogP) is 3.72. The van der Waals surface area contributed by atoms with Crippen molar-refractivity contribution in [2.24, 2.45) is 4.99 Å². The molecule has 1 aliphatic rings. The van der Waals surface area contributed by atoms with Crippen molar-refractivity contribution in [1.29, 1.82) is 0 Å². The second kappa shape index (κ2) is 14.6. The summed E-state index contributed by atoms with van der Waals surface area (Å²) < 4.78 is 13.2. The summed E-state index contributed by atoms with van der Waals surface area (Å²) in [6.45, 7) is 6.01. The van der Waals surface area contributed by atoms with Gasteiger partial charge in [-0.15, -0.1) is 24.0 Å². The van der Waals surface area contributed by atoms with E-state index < -0.39 is 0 Å². The number of nitrogens with zero attached hydrogens (tertiary/aromatic N) is 2. The van der Waals surface area contributed by atoms with Crippen LogP contribution in [0.25, 0.3) is 0 Å². The molecule has 0 unspecified atom stereocenters. The van der Waals surface area contributed by atoms with E-state index >= 15 is 0 Å². The monoisotopic (exact) mass is 504 g/mol. The molecule has 1 aromatic rings. The van der Waals surface area contributed by atoms with Gasteiger partial charge in [-0.3, -0.25) is 9.79 Å². The Morgan fingerprint density at radius 2 is 2.07 bits per heavy atom. The highest BCUT2D eigenvalue weighted by Crippen LogP contribution is 2.11. The van der Waals surface area contributed by atoms with Crippen LogP contribution in [0.15, 0.2) is 29.3 Å². The van der Waals surface area contributed by atoms with Crippen molar-refractivity contribution in [3.05, 3.63) is 35.6 Å². The third-order valence-corrected chi connectivity index (χ3v) is 4.70. The summed E-state index contributed by atoms with van der Waals surface area (Å²) in [4.78, 5) is 18.6. The largest absolute Gasteiger partial charge is 0.357 e. The van der Waals surface area contributed by atoms with Crippen molar-refractivity contribution >= 4 is 35.8 Å². The first-order valence-electron chi connectivity index (χ1n) is 10.2. The Kier molecular flexibility index (Phi) is 12.9. The molecule has 1 aromatic carbocycles. The van der Waals surface area contributed by atoms with E-state index in [-0.39, 0.29) is 29.8 Å². The van der Waals surface area contributed by atoms with Gasteiger partial charge in [0.2, 0.25) is 5.91 Å². The molecule has 0 saturated carbocycles. The quantitative estimate of drug-likeness (QED) is 0.233. The van der Waals surface area contributed by atoms with Gasteiger partial charge in [0.15, 0.2) is 5.96 Å². The van der Waals surface area contributed by atoms with Crippen LogP contribution in [0.3, 0.4) is 0 Å². The lowest BCUT2D eigenvalue weighted by Gasteiger charge is -2.20. The Bertz CT molecular complexity index is 612. The lowest BCUT2D eigenvalue weighted by Crippen LogP contribution is -2.38. The van der Waals surface area contributed by atoms with Gasteiger partial charge in [0, 0.05) is 39.1 Å². The van der Waals surface area contributed by atoms with Crippen LogP contribution in [0.1, 0.15) is 51.0 Å². The molecule has 1 saturated heterocycles. The van der Waals surface area contributed by atoms with Crippen LogP contribution in [-0.4, -0.2) is 49.5 Å². The average Bonchev–Trinajstić information content (AvgIpc) is 2.86. The molecule has 0 spiro atoms. The van der Waals surface area contributed by atoms with Gasteiger partial charge in [0.25, 0.3) is 0 Å². The summed E-state index contributed by atoms with van der Waals surface area (Å²) in [6.07, 6.45) is 6.62. The van der Waals surface area contributed by atoms with Crippen LogP contribution in [0.2, 0.25) is 0 Å². The molecule has 0 aromatic heterocycles. The lowest BCUT2D eigenvalue weighted by molar-refractivity contribution is -0.130. The van der Waals surface area contributed by atoms with E-state index in [0.717, 1.165) is 76.2 Å². The highest BCUT2D eigenvalue weighted by atomic mass is 127. The molecule has 2 N–H and O–H groups in total. The number of hydrogen-bond donors (Lipinski definition) is 2. The van der Waals surface area contributed by atoms with E-state index in [0.29, 0.717) is 18.9 Å². The van der Waals surface area contributed by atoms with E-state index in [9.17, 15) is 9.18 Å². The molecule has 28 heavy (non-hydrogen) atoms. The zero-order valence-electron chi connectivity index (χ0n) is 16.9. The first kappa shape index (κ1) is 24.7. The number of carbonyl (C=O) groups is 1. The maximum absolute atomic E-state index is 13.2. The van der Waals surface area contributed by atoms with Crippen molar-refractivity contribution in [1.82, 2.24) is 15.5 Å². The van der Waals surface area contributed by atoms with Crippen molar-refractivity contribution in [3.8, 4) is 0 Å². The van der Waals surface area contributed by atoms with E-state index in [1.54, 1.807) is 12.1 Å². The van der Waals surface area contributed by atoms with Crippen molar-refractivity contribution < 1.29 is 9.18 Å². The number of hydrogen-bond acceptors (Lipinski definition) is 2. The Labute approximate surface area is 185 Å². The number of halogens is 2. The third kappa shape index (κ3) is 9.71. The highest BCUT2D eigenvalue weighted by Gasteiger charge is 2.15. The molecule has 7 heteroatoms. The molecule has 5 nitrogen and oxygen atoms in total. The van der Waals surface area contributed by atoms with Crippen LogP contribution in [0.5, 0.6) is 0 Å². The van der Waals surface area contributed by atoms with Gasteiger partial charge in [-0.2, -0.15) is 0 Å². The van der Waals surface area contributed by atoms with Gasteiger partial charge in [-0.05, 0) is 56.7 Å². The molecule has 0 aliphatic carbocycles. The molecule has 0 atom stereocenters. The first-order chi connectivity index (χ1) is 13.2. The molecule has 1 fully saturated rings. The van der Waals surface area contributed by atoms with E-state index in [4.69, 9.17) is 0 Å². The van der Waals surface area contributed by atoms with E-state index in [1.165, 1.54) is 6.07 Å². The smallest absolute Gasteiger partial charge is 0.222 e. The molecule has 0 bridgehead atoms. The number of benzene rings is 1. The van der Waals surface area contributed by atoms with Gasteiger partial charge >= 0.3 is 0 Å². The second-order valence-electron chi connectivity index (χ2n) is 6.97. The summed E-state index contributed by atoms with van der Waals surface area (Å²) in [7, 11) is 0. The van der Waals surface area contributed by atoms with E-state index in [2.05, 4.69) is 15.6 Å². The first-order valence-corrected chi connectivity index (χ1v) is 10.2. The van der Waals surface area contributed by atoms with E-state index in [1.807, 2.05) is 17.9 Å². The van der Waals surface area contributed by atoms with Gasteiger partial charge in [-0.25, -0.2) is 4.39 Å². The Morgan fingerprint density at radius 1 is 1.21 bits per heavy atom. The summed E-state index contributed by atoms with van der Waals surface area (Å²) in [6, 6.07) is 6.76. The maximum Gasteiger partial charge on any atom is 0.222 e. The standard InChI is InChI=1S/C21H33FN4O.HI/c1-2-23-21(24-13-7-10-18-9-6-11-19(22)17-18)25-14-8-16-26-15-5-3-4-12-20(26)27;/h6,9,11,17H,2-5,7-8,10,12-16H2,1H3,(H2,23,24,25);1H. The zero-order valence-corrected chi connectivity index (χ0v) is 19.2. The van der Waals surface area contributed by atoms with Crippen LogP contribution < -0.4 is 10.6 Å². The third-order valence-electron chi connectivity index (χ3n) is 4.70. The van der Waals surface area contributed by atoms with Gasteiger partial charge in [0.05, 0.1) is 0 Å². The normalized spacial score (nSPS) is 15.0. The number of aryl methyl sites for hydroxylation is 1. The van der Waals surface area contributed by atoms with Crippen molar-refractivity contribution in [2.45, 2.75) is 51.9 Å². The molecule has 158 valence electrons. The molecule has 1 amide bonds. The SMILES string of the molecule is CCNC(=NCCCN1CCCCCC1=O)NCCCc1cccc(F)c1.I. The number of nitrogens with one attached hydrogen (secondary N) is 2. The molecular weight excluding hydrogens is 470 g/mol. The second-order valence-corrected chi connectivity index (χ2v) is 6.97. The Balaban J connectivity index is 0.00000392. The van der Waals surface area contributed by atoms with Crippen LogP contribution >= 0.6 is 24.0 Å². The molecule has 1 heterocycles. The minimum absolute atomic E-state index is 0. The lowest BCUT2D eigenvalue weighted by atomic mass is 10.1. The minimum Gasteiger partial charge on any atom is -0.357 e. The summed E-state index contributed by atoms with van der Waals surface area (Å²) >= 11 is 0. The molecular formula is C21H34FIN4O. The zero-order chi connectivity index (χ0) is 19.3. The summed E-state index contributed by atoms with van der Waals surface area (Å²) in [5.41, 5.74) is 1.01. The fraction of sp³-hybridized carbons (Fsp3) is 0.619. The topological polar surface area (TPSA) is 56.7 Å². The minimum atomic E-state index is -0.182. The summed E-state index contributed by atoms with van der Waals surface area (Å²) in [5.74, 6) is 0.913. The molecule has 1 aliphatic heterocycles. The Hall–Kier alpha value is -1.38. The number of carbonyl (C=O) groups excluding carboxylic acids is 1. The van der Waals surface area contributed by atoms with Crippen molar-refractivity contribution in [3.63, 3.8) is 0 Å². The van der Waals surface area contributed by atoms with Crippen LogP contribution in [0.4, 0.5) is 4.39 Å². The maximum atomic E-state index is 13.2. The average molecular weight is 504 g/mol. The number of aliphatic imine (C=N–C) groups is 1. The van der Waals surface area contributed by atoms with Crippen LogP contribution in [-0.2, 0) is 11.2 Å². The highest BCUT2D eigenvalue weighted by molar-refractivity contribution is 14.0. The number of likely N-dealkylation sites (tertiary alicyclic amines) is 1. The number of guanidine groups is 1. The molecule has 0 radical (unpaired) electrons. The fourth-order valence-electron chi connectivity index (χ4n) is 3.26. The summed E-state index contributed by atoms with van der Waals surface area (Å²) in [5, 5.41) is 6.57. The van der Waals surface area contributed by atoms with Gasteiger partial charge in [-0.1, -0.05) is 18.6 Å². The number of rotatable bonds is 9. The van der Waals surface area contributed by atoms with Crippen molar-refractivity contribution in [2.75, 3.05) is 32.7 Å². The molecule has 2 rings (SSSR count). The Morgan fingerprint density at radius 3 is 2.86 bits per heavy atom. The van der Waals surface area contributed by atoms with Crippen LogP contribution in [0, 0.1) is 5.82 Å². The van der Waals surface area contributed by atoms with Gasteiger partial charge in [0.1, 0.15) is 5.82 Å². The van der Waals surface area contributed by atoms with Gasteiger partial charge < -0.3 is 15.5 Å².